The van der Waals surface area contributed by atoms with Gasteiger partial charge in [0.2, 0.25) is 0 Å². The largest absolute Gasteiger partial charge is 0.494 e. The summed E-state index contributed by atoms with van der Waals surface area (Å²) in [4.78, 5) is 0. The first-order valence-electron chi connectivity index (χ1n) is 17.0. The molecule has 0 fully saturated rings. The molecule has 0 aromatic heterocycles. The Morgan fingerprint density at radius 2 is 0.907 bits per heavy atom. The molecule has 0 bridgehead atoms. The Bertz CT molecular complexity index is 1110. The predicted molar refractivity (Wildman–Crippen MR) is 193 cm³/mol. The second kappa shape index (κ2) is 22.3. The van der Waals surface area contributed by atoms with Gasteiger partial charge in [0.1, 0.15) is 17.2 Å². The highest BCUT2D eigenvalue weighted by Gasteiger charge is 2.10. The zero-order valence-corrected chi connectivity index (χ0v) is 29.0. The third-order valence-electron chi connectivity index (χ3n) is 7.91. The van der Waals surface area contributed by atoms with Crippen molar-refractivity contribution in [1.29, 1.82) is 0 Å². The molecule has 3 nitrogen and oxygen atoms in total. The minimum atomic E-state index is 0.741. The molecule has 0 saturated heterocycles. The Morgan fingerprint density at radius 3 is 1.53 bits per heavy atom. The maximum Gasteiger partial charge on any atom is 0.130 e. The van der Waals surface area contributed by atoms with Gasteiger partial charge in [-0.15, -0.1) is 0 Å². The van der Waals surface area contributed by atoms with Crippen molar-refractivity contribution < 1.29 is 14.2 Å². The van der Waals surface area contributed by atoms with E-state index in [0.29, 0.717) is 0 Å². The van der Waals surface area contributed by atoms with E-state index in [4.69, 9.17) is 14.2 Å². The highest BCUT2D eigenvalue weighted by molar-refractivity contribution is 14.1. The number of alkyl halides is 1. The van der Waals surface area contributed by atoms with Crippen LogP contribution in [0.15, 0.2) is 66.7 Å². The van der Waals surface area contributed by atoms with Crippen LogP contribution >= 0.6 is 22.6 Å². The maximum atomic E-state index is 6.40. The van der Waals surface area contributed by atoms with Crippen LogP contribution in [0, 0.1) is 0 Å². The second-order valence-corrected chi connectivity index (χ2v) is 12.7. The van der Waals surface area contributed by atoms with E-state index in [1.165, 1.54) is 86.2 Å². The number of hydrogen-bond donors (Lipinski definition) is 0. The lowest BCUT2D eigenvalue weighted by atomic mass is 9.99. The van der Waals surface area contributed by atoms with Crippen molar-refractivity contribution in [2.45, 2.75) is 110 Å². The molecule has 0 spiro atoms. The summed E-state index contributed by atoms with van der Waals surface area (Å²) in [6.45, 7) is 6.67. The summed E-state index contributed by atoms with van der Waals surface area (Å²) in [6, 6.07) is 23.6. The fourth-order valence-electron chi connectivity index (χ4n) is 5.21. The first-order chi connectivity index (χ1) is 21.2. The number of hydrogen-bond acceptors (Lipinski definition) is 3. The third kappa shape index (κ3) is 14.0. The van der Waals surface area contributed by atoms with Gasteiger partial charge in [-0.25, -0.2) is 0 Å². The van der Waals surface area contributed by atoms with Gasteiger partial charge in [-0.2, -0.15) is 0 Å². The molecule has 0 amide bonds. The maximum absolute atomic E-state index is 6.40. The second-order valence-electron chi connectivity index (χ2n) is 11.6. The average molecular weight is 699 g/mol. The molecule has 4 heteroatoms. The van der Waals surface area contributed by atoms with E-state index < -0.39 is 0 Å². The average Bonchev–Trinajstić information content (AvgIpc) is 3.04. The summed E-state index contributed by atoms with van der Waals surface area (Å²) in [5, 5.41) is 0. The Morgan fingerprint density at radius 1 is 0.442 bits per heavy atom. The van der Waals surface area contributed by atoms with Crippen molar-refractivity contribution >= 4 is 22.6 Å². The lowest BCUT2D eigenvalue weighted by molar-refractivity contribution is 0.292. The molecule has 0 N–H and O–H groups in total. The molecule has 3 aromatic carbocycles. The number of rotatable bonds is 24. The molecule has 0 aliphatic heterocycles. The van der Waals surface area contributed by atoms with Gasteiger partial charge in [0.05, 0.1) is 19.8 Å². The summed E-state index contributed by atoms with van der Waals surface area (Å²) in [5.74, 6) is 2.74. The summed E-state index contributed by atoms with van der Waals surface area (Å²) < 4.78 is 19.6. The predicted octanol–water partition coefficient (Wildman–Crippen LogP) is 12.5. The number of ether oxygens (including phenoxy) is 3. The highest BCUT2D eigenvalue weighted by Crippen LogP contribution is 2.35. The lowest BCUT2D eigenvalue weighted by Crippen LogP contribution is -2.01. The number of benzene rings is 3. The monoisotopic (exact) mass is 698 g/mol. The number of halogens is 1. The molecule has 0 heterocycles. The topological polar surface area (TPSA) is 27.7 Å². The van der Waals surface area contributed by atoms with Gasteiger partial charge in [0.15, 0.2) is 0 Å². The first kappa shape index (κ1) is 35.3. The quantitative estimate of drug-likeness (QED) is 0.0529. The molecule has 0 unspecified atom stereocenters. The van der Waals surface area contributed by atoms with Crippen molar-refractivity contribution in [2.75, 3.05) is 24.2 Å². The molecule has 0 saturated carbocycles. The van der Waals surface area contributed by atoms with E-state index in [0.717, 1.165) is 73.9 Å². The summed E-state index contributed by atoms with van der Waals surface area (Å²) in [7, 11) is 0. The fraction of sp³-hybridized carbons (Fsp3) is 0.538. The molecule has 3 aromatic rings. The van der Waals surface area contributed by atoms with E-state index in [1.54, 1.807) is 0 Å². The van der Waals surface area contributed by atoms with E-state index in [2.05, 4.69) is 103 Å². The minimum Gasteiger partial charge on any atom is -0.494 e. The molecule has 0 atom stereocenters. The van der Waals surface area contributed by atoms with Crippen LogP contribution in [-0.4, -0.2) is 24.2 Å². The van der Waals surface area contributed by atoms with E-state index in [9.17, 15) is 0 Å². The molecule has 236 valence electrons. The van der Waals surface area contributed by atoms with E-state index in [-0.39, 0.29) is 0 Å². The van der Waals surface area contributed by atoms with Crippen molar-refractivity contribution in [3.63, 3.8) is 0 Å². The van der Waals surface area contributed by atoms with Crippen LogP contribution in [0.4, 0.5) is 0 Å². The van der Waals surface area contributed by atoms with E-state index in [1.807, 2.05) is 0 Å². The summed E-state index contributed by atoms with van der Waals surface area (Å²) in [6.07, 6.45) is 19.0. The van der Waals surface area contributed by atoms with Crippen LogP contribution < -0.4 is 14.2 Å². The van der Waals surface area contributed by atoms with Crippen LogP contribution in [0.2, 0.25) is 0 Å². The highest BCUT2D eigenvalue weighted by atomic mass is 127. The van der Waals surface area contributed by atoms with Gasteiger partial charge >= 0.3 is 0 Å². The zero-order chi connectivity index (χ0) is 30.4. The van der Waals surface area contributed by atoms with Gasteiger partial charge in [-0.3, -0.25) is 0 Å². The Labute approximate surface area is 276 Å². The lowest BCUT2D eigenvalue weighted by Gasteiger charge is -2.15. The first-order valence-corrected chi connectivity index (χ1v) is 18.6. The van der Waals surface area contributed by atoms with Gasteiger partial charge in [0.25, 0.3) is 0 Å². The summed E-state index contributed by atoms with van der Waals surface area (Å²) in [5.41, 5.74) is 4.67. The smallest absolute Gasteiger partial charge is 0.130 e. The summed E-state index contributed by atoms with van der Waals surface area (Å²) >= 11 is 2.48. The molecule has 0 aliphatic carbocycles. The zero-order valence-electron chi connectivity index (χ0n) is 26.9. The van der Waals surface area contributed by atoms with Crippen LogP contribution in [-0.2, 0) is 0 Å². The molecule has 43 heavy (non-hydrogen) atoms. The standard InChI is InChI=1S/C39H55IO3/c1-3-5-16-30-41-36-24-22-34(23-25-36)33-18-20-35(21-19-33)38-27-26-37(42-29-6-4-2)32-39(38)43-31-17-14-12-10-8-7-9-11-13-15-28-40/h18-27,32H,3-17,28-31H2,1-2H3. The van der Waals surface area contributed by atoms with Gasteiger partial charge < -0.3 is 14.2 Å². The van der Waals surface area contributed by atoms with Gasteiger partial charge in [-0.1, -0.05) is 143 Å². The third-order valence-corrected chi connectivity index (χ3v) is 8.67. The minimum absolute atomic E-state index is 0.741. The number of unbranched alkanes of at least 4 members (excludes halogenated alkanes) is 12. The Hall–Kier alpha value is -2.21. The molecule has 0 radical (unpaired) electrons. The molecule has 3 rings (SSSR count). The van der Waals surface area contributed by atoms with E-state index >= 15 is 0 Å². The van der Waals surface area contributed by atoms with Gasteiger partial charge in [-0.05, 0) is 71.1 Å². The van der Waals surface area contributed by atoms with Crippen LogP contribution in [0.5, 0.6) is 17.2 Å². The normalized spacial score (nSPS) is 11.0. The molecule has 0 aliphatic rings. The van der Waals surface area contributed by atoms with Crippen molar-refractivity contribution in [3.8, 4) is 39.5 Å². The molecular formula is C39H55IO3. The van der Waals surface area contributed by atoms with Crippen LogP contribution in [0.3, 0.4) is 0 Å². The Kier molecular flexibility index (Phi) is 18.3. The fourth-order valence-corrected chi connectivity index (χ4v) is 5.74. The SMILES string of the molecule is CCCCCOc1ccc(-c2ccc(-c3ccc(OCCCC)cc3OCCCCCCCCCCCCI)cc2)cc1. The van der Waals surface area contributed by atoms with Gasteiger partial charge in [0, 0.05) is 11.6 Å². The van der Waals surface area contributed by atoms with Crippen molar-refractivity contribution in [2.24, 2.45) is 0 Å². The molecular weight excluding hydrogens is 643 g/mol. The Balaban J connectivity index is 1.54. The van der Waals surface area contributed by atoms with Crippen molar-refractivity contribution in [1.82, 2.24) is 0 Å². The van der Waals surface area contributed by atoms with Crippen LogP contribution in [0.25, 0.3) is 22.3 Å². The van der Waals surface area contributed by atoms with Crippen molar-refractivity contribution in [3.05, 3.63) is 66.7 Å². The van der Waals surface area contributed by atoms with Crippen LogP contribution in [0.1, 0.15) is 110 Å².